The van der Waals surface area contributed by atoms with Crippen LogP contribution in [-0.4, -0.2) is 14.0 Å². The number of halogens is 2. The summed E-state index contributed by atoms with van der Waals surface area (Å²) in [6.45, 7) is 1.20. The fourth-order valence-electron chi connectivity index (χ4n) is 0.423. The van der Waals surface area contributed by atoms with Crippen LogP contribution in [0.3, 0.4) is 0 Å². The van der Waals surface area contributed by atoms with Gasteiger partial charge in [-0.25, -0.2) is 8.78 Å². The Kier molecular flexibility index (Phi) is 2.03. The van der Waals surface area contributed by atoms with Crippen LogP contribution in [0.25, 0.3) is 0 Å². The van der Waals surface area contributed by atoms with E-state index in [0.717, 1.165) is 23.5 Å². The standard InChI is InChI=1S/C4H4F2S3/c1-4(6)2(5)8-3(7)9-4/h2H,1H3. The number of alkyl halides is 2. The normalized spacial score (nSPS) is 43.9. The van der Waals surface area contributed by atoms with E-state index in [4.69, 9.17) is 0 Å². The molecule has 52 valence electrons. The molecular formula is C4H4F2S3. The zero-order valence-electron chi connectivity index (χ0n) is 4.56. The van der Waals surface area contributed by atoms with Crippen molar-refractivity contribution in [1.29, 1.82) is 0 Å². The summed E-state index contributed by atoms with van der Waals surface area (Å²) >= 11 is 6.15. The van der Waals surface area contributed by atoms with Gasteiger partial charge in [-0.05, 0) is 6.92 Å². The molecule has 2 unspecified atom stereocenters. The van der Waals surface area contributed by atoms with Crippen LogP contribution in [0.1, 0.15) is 6.92 Å². The van der Waals surface area contributed by atoms with Crippen molar-refractivity contribution in [2.75, 3.05) is 0 Å². The van der Waals surface area contributed by atoms with E-state index in [9.17, 15) is 8.78 Å². The largest absolute Gasteiger partial charge is 0.231 e. The molecule has 0 aliphatic carbocycles. The van der Waals surface area contributed by atoms with Gasteiger partial charge in [-0.15, -0.1) is 0 Å². The Balaban J connectivity index is 2.69. The maximum Gasteiger partial charge on any atom is 0.199 e. The molecule has 0 nitrogen and oxygen atoms in total. The number of rotatable bonds is 0. The number of thioether (sulfide) groups is 2. The molecular weight excluding hydrogens is 182 g/mol. The third kappa shape index (κ3) is 1.56. The minimum Gasteiger partial charge on any atom is -0.231 e. The van der Waals surface area contributed by atoms with Gasteiger partial charge < -0.3 is 0 Å². The molecule has 1 aliphatic heterocycles. The third-order valence-corrected chi connectivity index (χ3v) is 3.73. The Labute approximate surface area is 65.8 Å². The molecule has 0 saturated carbocycles. The summed E-state index contributed by atoms with van der Waals surface area (Å²) in [5.41, 5.74) is -1.49. The Morgan fingerprint density at radius 1 is 1.78 bits per heavy atom. The predicted molar refractivity (Wildman–Crippen MR) is 42.2 cm³/mol. The van der Waals surface area contributed by atoms with Crippen molar-refractivity contribution in [3.05, 3.63) is 0 Å². The van der Waals surface area contributed by atoms with Gasteiger partial charge in [-0.2, -0.15) is 0 Å². The second-order valence-electron chi connectivity index (χ2n) is 1.77. The highest BCUT2D eigenvalue weighted by Gasteiger charge is 2.44. The van der Waals surface area contributed by atoms with Gasteiger partial charge in [-0.1, -0.05) is 35.7 Å². The fourth-order valence-corrected chi connectivity index (χ4v) is 3.19. The summed E-state index contributed by atoms with van der Waals surface area (Å²) in [6.07, 6.45) is 0. The topological polar surface area (TPSA) is 0 Å². The minimum absolute atomic E-state index is 0.354. The second kappa shape index (κ2) is 2.36. The lowest BCUT2D eigenvalue weighted by Crippen LogP contribution is -2.18. The summed E-state index contributed by atoms with van der Waals surface area (Å²) in [5.74, 6) is 0. The SMILES string of the molecule is CC1(F)SC(=S)SC1F. The minimum atomic E-state index is -1.80. The molecule has 1 heterocycles. The molecule has 1 saturated heterocycles. The van der Waals surface area contributed by atoms with Crippen molar-refractivity contribution < 1.29 is 8.78 Å². The zero-order chi connectivity index (χ0) is 7.07. The quantitative estimate of drug-likeness (QED) is 0.534. The lowest BCUT2D eigenvalue weighted by Gasteiger charge is -2.10. The lowest BCUT2D eigenvalue weighted by atomic mass is 10.5. The molecule has 0 N–H and O–H groups in total. The van der Waals surface area contributed by atoms with E-state index in [0.29, 0.717) is 3.53 Å². The van der Waals surface area contributed by atoms with Crippen LogP contribution in [0.5, 0.6) is 0 Å². The van der Waals surface area contributed by atoms with Crippen molar-refractivity contribution >= 4 is 39.3 Å². The summed E-state index contributed by atoms with van der Waals surface area (Å²) in [7, 11) is 0. The van der Waals surface area contributed by atoms with Crippen LogP contribution in [0, 0.1) is 0 Å². The van der Waals surface area contributed by atoms with E-state index in [1.807, 2.05) is 0 Å². The maximum absolute atomic E-state index is 12.7. The van der Waals surface area contributed by atoms with Gasteiger partial charge in [0.2, 0.25) is 0 Å². The molecule has 1 aliphatic rings. The molecule has 0 aromatic rings. The monoisotopic (exact) mass is 186 g/mol. The molecule has 0 amide bonds. The van der Waals surface area contributed by atoms with Crippen molar-refractivity contribution in [3.63, 3.8) is 0 Å². The van der Waals surface area contributed by atoms with E-state index < -0.39 is 10.5 Å². The molecule has 0 spiro atoms. The van der Waals surface area contributed by atoms with Crippen molar-refractivity contribution in [1.82, 2.24) is 0 Å². The summed E-state index contributed by atoms with van der Waals surface area (Å²) in [5, 5.41) is -1.80. The van der Waals surface area contributed by atoms with Gasteiger partial charge in [0.05, 0.1) is 0 Å². The van der Waals surface area contributed by atoms with Gasteiger partial charge in [0.15, 0.2) is 10.5 Å². The van der Waals surface area contributed by atoms with Crippen LogP contribution in [0.4, 0.5) is 8.78 Å². The van der Waals surface area contributed by atoms with E-state index in [1.54, 1.807) is 0 Å². The Hall–Kier alpha value is 0.650. The van der Waals surface area contributed by atoms with Crippen LogP contribution >= 0.6 is 35.7 Å². The van der Waals surface area contributed by atoms with Crippen LogP contribution in [-0.2, 0) is 0 Å². The van der Waals surface area contributed by atoms with Gasteiger partial charge in [0, 0.05) is 0 Å². The number of hydrogen-bond donors (Lipinski definition) is 0. The van der Waals surface area contributed by atoms with Crippen LogP contribution in [0.15, 0.2) is 0 Å². The van der Waals surface area contributed by atoms with Gasteiger partial charge in [0.1, 0.15) is 3.53 Å². The molecule has 0 radical (unpaired) electrons. The molecule has 5 heteroatoms. The van der Waals surface area contributed by atoms with Crippen LogP contribution < -0.4 is 0 Å². The molecule has 0 bridgehead atoms. The second-order valence-corrected chi connectivity index (χ2v) is 5.42. The van der Waals surface area contributed by atoms with Crippen molar-refractivity contribution in [2.45, 2.75) is 17.4 Å². The van der Waals surface area contributed by atoms with Gasteiger partial charge in [0.25, 0.3) is 0 Å². The van der Waals surface area contributed by atoms with E-state index >= 15 is 0 Å². The van der Waals surface area contributed by atoms with Gasteiger partial charge >= 0.3 is 0 Å². The van der Waals surface area contributed by atoms with E-state index in [1.165, 1.54) is 6.92 Å². The Morgan fingerprint density at radius 2 is 2.33 bits per heavy atom. The average Bonchev–Trinajstić information content (AvgIpc) is 1.79. The highest BCUT2D eigenvalue weighted by molar-refractivity contribution is 8.50. The molecule has 0 aromatic heterocycles. The van der Waals surface area contributed by atoms with Crippen molar-refractivity contribution in [3.8, 4) is 0 Å². The highest BCUT2D eigenvalue weighted by Crippen LogP contribution is 2.49. The first kappa shape index (κ1) is 7.75. The van der Waals surface area contributed by atoms with Gasteiger partial charge in [-0.3, -0.25) is 0 Å². The van der Waals surface area contributed by atoms with E-state index in [-0.39, 0.29) is 0 Å². The maximum atomic E-state index is 12.7. The molecule has 0 aromatic carbocycles. The first-order chi connectivity index (χ1) is 4.02. The highest BCUT2D eigenvalue weighted by atomic mass is 32.2. The Morgan fingerprint density at radius 3 is 2.44 bits per heavy atom. The number of thiocarbonyl (C=S) groups is 1. The number of hydrogen-bond acceptors (Lipinski definition) is 3. The predicted octanol–water partition coefficient (Wildman–Crippen LogP) is 2.73. The first-order valence-electron chi connectivity index (χ1n) is 2.25. The third-order valence-electron chi connectivity index (χ3n) is 0.888. The zero-order valence-corrected chi connectivity index (χ0v) is 7.01. The average molecular weight is 186 g/mol. The van der Waals surface area contributed by atoms with Crippen molar-refractivity contribution in [2.24, 2.45) is 0 Å². The Bertz CT molecular complexity index is 145. The first-order valence-corrected chi connectivity index (χ1v) is 4.35. The molecule has 1 rings (SSSR count). The molecule has 2 atom stereocenters. The molecule has 9 heavy (non-hydrogen) atoms. The molecule has 1 fully saturated rings. The summed E-state index contributed by atoms with van der Waals surface area (Å²) < 4.78 is 25.5. The summed E-state index contributed by atoms with van der Waals surface area (Å²) in [4.78, 5) is 0. The summed E-state index contributed by atoms with van der Waals surface area (Å²) in [6, 6.07) is 0. The van der Waals surface area contributed by atoms with Crippen LogP contribution in [0.2, 0.25) is 0 Å². The smallest absolute Gasteiger partial charge is 0.199 e. The van der Waals surface area contributed by atoms with E-state index in [2.05, 4.69) is 12.2 Å². The fraction of sp³-hybridized carbons (Fsp3) is 0.750. The lowest BCUT2D eigenvalue weighted by molar-refractivity contribution is 0.223.